The SMILES string of the molecule is O=C1C(=O)N(c2ccccc2O)C(c2ccncc2)/C1=C(/O)c1ccc(Cl)c(Cl)c1. The van der Waals surface area contributed by atoms with Gasteiger partial charge in [-0.1, -0.05) is 35.3 Å². The lowest BCUT2D eigenvalue weighted by molar-refractivity contribution is -0.132. The average molecular weight is 441 g/mol. The minimum atomic E-state index is -0.976. The fourth-order valence-electron chi connectivity index (χ4n) is 3.41. The van der Waals surface area contributed by atoms with Crippen molar-refractivity contribution in [2.24, 2.45) is 0 Å². The zero-order valence-corrected chi connectivity index (χ0v) is 16.8. The molecule has 6 nitrogen and oxygen atoms in total. The Balaban J connectivity index is 1.97. The molecule has 8 heteroatoms. The number of ketones is 1. The summed E-state index contributed by atoms with van der Waals surface area (Å²) >= 11 is 12.0. The number of rotatable bonds is 3. The Labute approximate surface area is 181 Å². The smallest absolute Gasteiger partial charge is 0.300 e. The van der Waals surface area contributed by atoms with Crippen molar-refractivity contribution in [3.8, 4) is 5.75 Å². The molecule has 2 heterocycles. The second-order valence-corrected chi connectivity index (χ2v) is 7.38. The van der Waals surface area contributed by atoms with E-state index in [1.807, 2.05) is 0 Å². The zero-order chi connectivity index (χ0) is 21.4. The predicted molar refractivity (Wildman–Crippen MR) is 114 cm³/mol. The Hall–Kier alpha value is -3.35. The molecule has 1 unspecified atom stereocenters. The van der Waals surface area contributed by atoms with Gasteiger partial charge in [0.25, 0.3) is 11.7 Å². The largest absolute Gasteiger partial charge is 0.507 e. The van der Waals surface area contributed by atoms with E-state index in [2.05, 4.69) is 4.98 Å². The Bertz CT molecular complexity index is 1190. The average Bonchev–Trinajstić information content (AvgIpc) is 3.01. The molecule has 0 radical (unpaired) electrons. The Morgan fingerprint density at radius 2 is 1.67 bits per heavy atom. The van der Waals surface area contributed by atoms with Gasteiger partial charge in [0.05, 0.1) is 27.3 Å². The summed E-state index contributed by atoms with van der Waals surface area (Å²) in [5.41, 5.74) is 0.787. The number of carbonyl (C=O) groups excluding carboxylic acids is 2. The number of aliphatic hydroxyl groups is 1. The van der Waals surface area contributed by atoms with Gasteiger partial charge >= 0.3 is 0 Å². The molecular weight excluding hydrogens is 427 g/mol. The first-order valence-corrected chi connectivity index (χ1v) is 9.60. The van der Waals surface area contributed by atoms with Crippen molar-refractivity contribution in [3.05, 3.63) is 93.7 Å². The Kier molecular flexibility index (Phi) is 5.20. The molecule has 1 fully saturated rings. The van der Waals surface area contributed by atoms with Crippen molar-refractivity contribution in [3.63, 3.8) is 0 Å². The van der Waals surface area contributed by atoms with Crippen molar-refractivity contribution >= 4 is 46.3 Å². The van der Waals surface area contributed by atoms with Crippen molar-refractivity contribution in [2.45, 2.75) is 6.04 Å². The van der Waals surface area contributed by atoms with Crippen LogP contribution in [-0.2, 0) is 9.59 Å². The minimum absolute atomic E-state index is 0.132. The van der Waals surface area contributed by atoms with E-state index in [1.165, 1.54) is 42.7 Å². The standard InChI is InChI=1S/C22H14Cl2N2O4/c23-14-6-5-13(11-15(14)24)20(28)18-19(12-7-9-25-10-8-12)26(22(30)21(18)29)16-3-1-2-4-17(16)27/h1-11,19,27-28H/b20-18-. The second kappa shape index (κ2) is 7.82. The maximum atomic E-state index is 13.0. The van der Waals surface area contributed by atoms with Crippen LogP contribution in [0.15, 0.2) is 72.6 Å². The minimum Gasteiger partial charge on any atom is -0.507 e. The van der Waals surface area contributed by atoms with Crippen molar-refractivity contribution in [1.82, 2.24) is 4.98 Å². The van der Waals surface area contributed by atoms with Crippen LogP contribution in [0.3, 0.4) is 0 Å². The van der Waals surface area contributed by atoms with E-state index >= 15 is 0 Å². The molecule has 2 N–H and O–H groups in total. The van der Waals surface area contributed by atoms with Crippen molar-refractivity contribution in [1.29, 1.82) is 0 Å². The molecule has 2 aromatic carbocycles. The number of carbonyl (C=O) groups is 2. The number of Topliss-reactive ketones (excluding diaryl/α,β-unsaturated/α-hetero) is 1. The number of halogens is 2. The van der Waals surface area contributed by atoms with Crippen LogP contribution in [0.5, 0.6) is 5.75 Å². The molecule has 0 aliphatic carbocycles. The molecule has 1 saturated heterocycles. The van der Waals surface area contributed by atoms with E-state index in [9.17, 15) is 19.8 Å². The molecule has 4 rings (SSSR count). The summed E-state index contributed by atoms with van der Waals surface area (Å²) in [4.78, 5) is 31.1. The number of hydrogen-bond acceptors (Lipinski definition) is 5. The lowest BCUT2D eigenvalue weighted by Crippen LogP contribution is -2.29. The highest BCUT2D eigenvalue weighted by Gasteiger charge is 2.47. The second-order valence-electron chi connectivity index (χ2n) is 6.57. The molecule has 0 spiro atoms. The van der Waals surface area contributed by atoms with E-state index in [0.29, 0.717) is 5.56 Å². The van der Waals surface area contributed by atoms with Crippen LogP contribution in [0.1, 0.15) is 17.2 Å². The van der Waals surface area contributed by atoms with Gasteiger partial charge in [0.2, 0.25) is 0 Å². The molecule has 1 aliphatic heterocycles. The molecule has 0 bridgehead atoms. The molecule has 0 saturated carbocycles. The van der Waals surface area contributed by atoms with Crippen LogP contribution in [0, 0.1) is 0 Å². The maximum absolute atomic E-state index is 13.0. The third-order valence-electron chi connectivity index (χ3n) is 4.80. The Morgan fingerprint density at radius 1 is 0.967 bits per heavy atom. The number of para-hydroxylation sites is 2. The van der Waals surface area contributed by atoms with Gasteiger partial charge in [-0.25, -0.2) is 0 Å². The first-order chi connectivity index (χ1) is 14.4. The molecular formula is C22H14Cl2N2O4. The number of pyridine rings is 1. The highest BCUT2D eigenvalue weighted by atomic mass is 35.5. The summed E-state index contributed by atoms with van der Waals surface area (Å²) in [5.74, 6) is -2.33. The molecule has 1 aliphatic rings. The fourth-order valence-corrected chi connectivity index (χ4v) is 3.71. The van der Waals surface area contributed by atoms with E-state index in [0.717, 1.165) is 4.90 Å². The van der Waals surface area contributed by atoms with Crippen LogP contribution in [-0.4, -0.2) is 26.9 Å². The van der Waals surface area contributed by atoms with Gasteiger partial charge in [0.15, 0.2) is 0 Å². The molecule has 1 aromatic heterocycles. The number of nitrogens with zero attached hydrogens (tertiary/aromatic N) is 2. The third-order valence-corrected chi connectivity index (χ3v) is 5.54. The van der Waals surface area contributed by atoms with Gasteiger partial charge in [-0.3, -0.25) is 19.5 Å². The highest BCUT2D eigenvalue weighted by Crippen LogP contribution is 2.44. The van der Waals surface area contributed by atoms with Crippen LogP contribution in [0.2, 0.25) is 10.0 Å². The summed E-state index contributed by atoms with van der Waals surface area (Å²) in [5, 5.41) is 21.8. The monoisotopic (exact) mass is 440 g/mol. The van der Waals surface area contributed by atoms with E-state index in [-0.39, 0.29) is 32.6 Å². The molecule has 3 aromatic rings. The first-order valence-electron chi connectivity index (χ1n) is 8.84. The lowest BCUT2D eigenvalue weighted by Gasteiger charge is -2.25. The van der Waals surface area contributed by atoms with E-state index < -0.39 is 23.5 Å². The summed E-state index contributed by atoms with van der Waals surface area (Å²) < 4.78 is 0. The quantitative estimate of drug-likeness (QED) is 0.349. The normalized spacial score (nSPS) is 18.1. The summed E-state index contributed by atoms with van der Waals surface area (Å²) in [6, 6.07) is 12.9. The number of aromatic hydroxyl groups is 1. The maximum Gasteiger partial charge on any atom is 0.300 e. The van der Waals surface area contributed by atoms with Gasteiger partial charge in [-0.05, 0) is 48.0 Å². The topological polar surface area (TPSA) is 90.7 Å². The number of hydrogen-bond donors (Lipinski definition) is 2. The molecule has 1 atom stereocenters. The van der Waals surface area contributed by atoms with Gasteiger partial charge in [-0.15, -0.1) is 0 Å². The number of amides is 1. The molecule has 30 heavy (non-hydrogen) atoms. The van der Waals surface area contributed by atoms with Crippen LogP contribution in [0.4, 0.5) is 5.69 Å². The molecule has 150 valence electrons. The van der Waals surface area contributed by atoms with Crippen LogP contribution < -0.4 is 4.90 Å². The van der Waals surface area contributed by atoms with Crippen molar-refractivity contribution < 1.29 is 19.8 Å². The van der Waals surface area contributed by atoms with Gasteiger partial charge in [0.1, 0.15) is 11.5 Å². The van der Waals surface area contributed by atoms with E-state index in [1.54, 1.807) is 24.3 Å². The van der Waals surface area contributed by atoms with Crippen molar-refractivity contribution in [2.75, 3.05) is 4.90 Å². The summed E-state index contributed by atoms with van der Waals surface area (Å²) in [6.07, 6.45) is 3.03. The number of phenolic OH excluding ortho intramolecular Hbond substituents is 1. The first kappa shape index (κ1) is 19.9. The van der Waals surface area contributed by atoms with E-state index in [4.69, 9.17) is 23.2 Å². The highest BCUT2D eigenvalue weighted by molar-refractivity contribution is 6.52. The number of phenols is 1. The zero-order valence-electron chi connectivity index (χ0n) is 15.3. The molecule has 1 amide bonds. The van der Waals surface area contributed by atoms with Crippen LogP contribution >= 0.6 is 23.2 Å². The Morgan fingerprint density at radius 3 is 2.33 bits per heavy atom. The number of benzene rings is 2. The van der Waals surface area contributed by atoms with Gasteiger partial charge in [0, 0.05) is 18.0 Å². The van der Waals surface area contributed by atoms with Gasteiger partial charge < -0.3 is 10.2 Å². The summed E-state index contributed by atoms with van der Waals surface area (Å²) in [6.45, 7) is 0. The lowest BCUT2D eigenvalue weighted by atomic mass is 9.95. The predicted octanol–water partition coefficient (Wildman–Crippen LogP) is 4.72. The fraction of sp³-hybridized carbons (Fsp3) is 0.0455. The third kappa shape index (κ3) is 3.30. The number of aliphatic hydroxyl groups excluding tert-OH is 1. The van der Waals surface area contributed by atoms with Gasteiger partial charge in [-0.2, -0.15) is 0 Å². The van der Waals surface area contributed by atoms with Crippen LogP contribution in [0.25, 0.3) is 5.76 Å². The number of aromatic nitrogens is 1. The summed E-state index contributed by atoms with van der Waals surface area (Å²) in [7, 11) is 0. The number of anilines is 1.